The Morgan fingerprint density at radius 1 is 1.48 bits per heavy atom. The molecule has 1 aromatic heterocycles. The van der Waals surface area contributed by atoms with Crippen molar-refractivity contribution in [1.82, 2.24) is 14.5 Å². The van der Waals surface area contributed by atoms with Gasteiger partial charge in [-0.25, -0.2) is 4.98 Å². The fourth-order valence-electron chi connectivity index (χ4n) is 2.57. The summed E-state index contributed by atoms with van der Waals surface area (Å²) in [5, 5.41) is 0. The highest BCUT2D eigenvalue weighted by Gasteiger charge is 2.23. The van der Waals surface area contributed by atoms with Gasteiger partial charge in [0.2, 0.25) is 0 Å². The van der Waals surface area contributed by atoms with E-state index >= 15 is 0 Å². The Labute approximate surface area is 135 Å². The molecule has 1 aliphatic heterocycles. The quantitative estimate of drug-likeness (QED) is 0.845. The van der Waals surface area contributed by atoms with Crippen molar-refractivity contribution >= 4 is 5.91 Å². The van der Waals surface area contributed by atoms with Gasteiger partial charge in [-0.1, -0.05) is 13.0 Å². The fraction of sp³-hybridized carbons (Fsp3) is 0.412. The molecular formula is C17H21N3O3. The Kier molecular flexibility index (Phi) is 4.92. The SMILES string of the molecule is CC[C@H]1CN(C(=O)COc2cccc(-n3ccnc3)c2)CCO1. The van der Waals surface area contributed by atoms with E-state index in [1.807, 2.05) is 39.9 Å². The van der Waals surface area contributed by atoms with Gasteiger partial charge in [-0.15, -0.1) is 0 Å². The van der Waals surface area contributed by atoms with Crippen molar-refractivity contribution in [3.05, 3.63) is 43.0 Å². The fourth-order valence-corrected chi connectivity index (χ4v) is 2.57. The van der Waals surface area contributed by atoms with E-state index in [1.54, 1.807) is 12.5 Å². The maximum absolute atomic E-state index is 12.3. The van der Waals surface area contributed by atoms with Crippen molar-refractivity contribution in [3.63, 3.8) is 0 Å². The highest BCUT2D eigenvalue weighted by molar-refractivity contribution is 5.77. The highest BCUT2D eigenvalue weighted by Crippen LogP contribution is 2.17. The van der Waals surface area contributed by atoms with Gasteiger partial charge in [-0.2, -0.15) is 0 Å². The van der Waals surface area contributed by atoms with Gasteiger partial charge in [-0.3, -0.25) is 4.79 Å². The van der Waals surface area contributed by atoms with Crippen LogP contribution in [0.2, 0.25) is 0 Å². The zero-order valence-electron chi connectivity index (χ0n) is 13.2. The Bertz CT molecular complexity index is 642. The van der Waals surface area contributed by atoms with Gasteiger partial charge in [-0.05, 0) is 18.6 Å². The predicted molar refractivity (Wildman–Crippen MR) is 85.7 cm³/mol. The van der Waals surface area contributed by atoms with Gasteiger partial charge < -0.3 is 18.9 Å². The van der Waals surface area contributed by atoms with Crippen LogP contribution in [-0.2, 0) is 9.53 Å². The van der Waals surface area contributed by atoms with Crippen LogP contribution in [0, 0.1) is 0 Å². The van der Waals surface area contributed by atoms with Crippen LogP contribution in [0.3, 0.4) is 0 Å². The van der Waals surface area contributed by atoms with Crippen molar-refractivity contribution in [2.24, 2.45) is 0 Å². The van der Waals surface area contributed by atoms with Crippen LogP contribution in [0.25, 0.3) is 5.69 Å². The molecule has 6 nitrogen and oxygen atoms in total. The van der Waals surface area contributed by atoms with Crippen LogP contribution >= 0.6 is 0 Å². The maximum Gasteiger partial charge on any atom is 0.260 e. The molecule has 6 heteroatoms. The highest BCUT2D eigenvalue weighted by atomic mass is 16.5. The Morgan fingerprint density at radius 3 is 3.17 bits per heavy atom. The second kappa shape index (κ2) is 7.28. The number of ether oxygens (including phenoxy) is 2. The topological polar surface area (TPSA) is 56.6 Å². The lowest BCUT2D eigenvalue weighted by molar-refractivity contribution is -0.141. The Morgan fingerprint density at radius 2 is 2.39 bits per heavy atom. The van der Waals surface area contributed by atoms with Gasteiger partial charge in [0.15, 0.2) is 6.61 Å². The lowest BCUT2D eigenvalue weighted by atomic mass is 10.2. The third-order valence-electron chi connectivity index (χ3n) is 3.93. The Hall–Kier alpha value is -2.34. The molecule has 2 heterocycles. The average Bonchev–Trinajstić information content (AvgIpc) is 3.14. The van der Waals surface area contributed by atoms with Gasteiger partial charge in [0, 0.05) is 31.5 Å². The summed E-state index contributed by atoms with van der Waals surface area (Å²) in [6.07, 6.45) is 6.36. The largest absolute Gasteiger partial charge is 0.484 e. The van der Waals surface area contributed by atoms with Crippen LogP contribution in [0.15, 0.2) is 43.0 Å². The van der Waals surface area contributed by atoms with Crippen molar-refractivity contribution in [2.45, 2.75) is 19.4 Å². The molecule has 1 aliphatic rings. The molecule has 0 aliphatic carbocycles. The molecule has 0 spiro atoms. The molecule has 23 heavy (non-hydrogen) atoms. The monoisotopic (exact) mass is 315 g/mol. The zero-order valence-corrected chi connectivity index (χ0v) is 13.2. The summed E-state index contributed by atoms with van der Waals surface area (Å²) in [4.78, 5) is 18.1. The van der Waals surface area contributed by atoms with Gasteiger partial charge in [0.05, 0.1) is 24.7 Å². The first kappa shape index (κ1) is 15.6. The number of benzene rings is 1. The molecule has 3 rings (SSSR count). The minimum atomic E-state index is -0.000200. The molecule has 1 fully saturated rings. The van der Waals surface area contributed by atoms with E-state index in [-0.39, 0.29) is 18.6 Å². The summed E-state index contributed by atoms with van der Waals surface area (Å²) in [6.45, 7) is 3.99. The van der Waals surface area contributed by atoms with Crippen LogP contribution in [0.1, 0.15) is 13.3 Å². The Balaban J connectivity index is 1.58. The number of hydrogen-bond donors (Lipinski definition) is 0. The summed E-state index contributed by atoms with van der Waals surface area (Å²) in [5.74, 6) is 0.671. The molecule has 1 atom stereocenters. The summed E-state index contributed by atoms with van der Waals surface area (Å²) < 4.78 is 13.1. The number of nitrogens with zero attached hydrogens (tertiary/aromatic N) is 3. The van der Waals surface area contributed by atoms with E-state index < -0.39 is 0 Å². The van der Waals surface area contributed by atoms with Crippen LogP contribution in [0.4, 0.5) is 0 Å². The molecule has 122 valence electrons. The number of rotatable bonds is 5. The van der Waals surface area contributed by atoms with E-state index in [1.165, 1.54) is 0 Å². The minimum absolute atomic E-state index is 0.000200. The molecule has 0 bridgehead atoms. The van der Waals surface area contributed by atoms with Crippen molar-refractivity contribution in [2.75, 3.05) is 26.3 Å². The summed E-state index contributed by atoms with van der Waals surface area (Å²) in [5.41, 5.74) is 0.949. The first-order chi connectivity index (χ1) is 11.3. The summed E-state index contributed by atoms with van der Waals surface area (Å²) >= 11 is 0. The van der Waals surface area contributed by atoms with Crippen LogP contribution < -0.4 is 4.74 Å². The molecule has 1 saturated heterocycles. The number of imidazole rings is 1. The molecule has 0 radical (unpaired) electrons. The van der Waals surface area contributed by atoms with E-state index in [0.29, 0.717) is 25.4 Å². The molecular weight excluding hydrogens is 294 g/mol. The first-order valence-corrected chi connectivity index (χ1v) is 7.87. The molecule has 1 amide bonds. The third kappa shape index (κ3) is 3.90. The number of morpholine rings is 1. The average molecular weight is 315 g/mol. The predicted octanol–water partition coefficient (Wildman–Crippen LogP) is 1.89. The molecule has 0 saturated carbocycles. The molecule has 0 unspecified atom stereocenters. The normalized spacial score (nSPS) is 18.0. The number of carbonyl (C=O) groups excluding carboxylic acids is 1. The lowest BCUT2D eigenvalue weighted by Gasteiger charge is -2.32. The van der Waals surface area contributed by atoms with Gasteiger partial charge in [0.1, 0.15) is 5.75 Å². The summed E-state index contributed by atoms with van der Waals surface area (Å²) in [7, 11) is 0. The van der Waals surface area contributed by atoms with Gasteiger partial charge >= 0.3 is 0 Å². The third-order valence-corrected chi connectivity index (χ3v) is 3.93. The number of amides is 1. The number of hydrogen-bond acceptors (Lipinski definition) is 4. The first-order valence-electron chi connectivity index (χ1n) is 7.87. The summed E-state index contributed by atoms with van der Waals surface area (Å²) in [6, 6.07) is 7.60. The molecule has 1 aromatic carbocycles. The second-order valence-corrected chi connectivity index (χ2v) is 5.50. The van der Waals surface area contributed by atoms with E-state index in [4.69, 9.17) is 9.47 Å². The van der Waals surface area contributed by atoms with Crippen molar-refractivity contribution in [3.8, 4) is 11.4 Å². The molecule has 2 aromatic rings. The van der Waals surface area contributed by atoms with Crippen LogP contribution in [-0.4, -0.2) is 52.8 Å². The second-order valence-electron chi connectivity index (χ2n) is 5.50. The number of carbonyl (C=O) groups is 1. The van der Waals surface area contributed by atoms with E-state index in [2.05, 4.69) is 11.9 Å². The van der Waals surface area contributed by atoms with Crippen molar-refractivity contribution in [1.29, 1.82) is 0 Å². The molecule has 0 N–H and O–H groups in total. The zero-order chi connectivity index (χ0) is 16.1. The van der Waals surface area contributed by atoms with Gasteiger partial charge in [0.25, 0.3) is 5.91 Å². The van der Waals surface area contributed by atoms with Crippen LogP contribution in [0.5, 0.6) is 5.75 Å². The standard InChI is InChI=1S/C17H21N3O3/c1-2-15-11-19(8-9-22-15)17(21)12-23-16-5-3-4-14(10-16)20-7-6-18-13-20/h3-7,10,13,15H,2,8-9,11-12H2,1H3/t15-/m0/s1. The smallest absolute Gasteiger partial charge is 0.260 e. The lowest BCUT2D eigenvalue weighted by Crippen LogP contribution is -2.47. The van der Waals surface area contributed by atoms with E-state index in [0.717, 1.165) is 12.1 Å². The van der Waals surface area contributed by atoms with E-state index in [9.17, 15) is 4.79 Å². The number of aromatic nitrogens is 2. The van der Waals surface area contributed by atoms with Crippen molar-refractivity contribution < 1.29 is 14.3 Å². The maximum atomic E-state index is 12.3. The minimum Gasteiger partial charge on any atom is -0.484 e.